The molecule has 0 unspecified atom stereocenters. The van der Waals surface area contributed by atoms with Crippen LogP contribution in [0.15, 0.2) is 18.5 Å². The first kappa shape index (κ1) is 8.87. The number of nitrogens with zero attached hydrogens (tertiary/aromatic N) is 2. The van der Waals surface area contributed by atoms with Crippen molar-refractivity contribution in [3.63, 3.8) is 0 Å². The lowest BCUT2D eigenvalue weighted by atomic mass is 10.1. The number of benzene rings is 1. The molecule has 0 fully saturated rings. The lowest BCUT2D eigenvalue weighted by Crippen LogP contribution is -1.90. The third-order valence-corrected chi connectivity index (χ3v) is 2.87. The van der Waals surface area contributed by atoms with Gasteiger partial charge in [0.05, 0.1) is 5.52 Å². The Morgan fingerprint density at radius 1 is 1.15 bits per heavy atom. The molecule has 0 amide bonds. The first-order chi connectivity index (χ1) is 6.18. The second-order valence-corrected chi connectivity index (χ2v) is 4.26. The zero-order chi connectivity index (χ0) is 9.42. The van der Waals surface area contributed by atoms with Gasteiger partial charge in [0.25, 0.3) is 0 Å². The molecule has 1 aromatic heterocycles. The van der Waals surface area contributed by atoms with E-state index in [1.165, 1.54) is 14.5 Å². The van der Waals surface area contributed by atoms with Gasteiger partial charge in [-0.2, -0.15) is 0 Å². The minimum absolute atomic E-state index is 1.04. The van der Waals surface area contributed by atoms with Crippen LogP contribution < -0.4 is 0 Å². The van der Waals surface area contributed by atoms with Crippen LogP contribution in [-0.2, 0) is 0 Å². The molecule has 0 bridgehead atoms. The summed E-state index contributed by atoms with van der Waals surface area (Å²) in [5.74, 6) is 0. The summed E-state index contributed by atoms with van der Waals surface area (Å²) in [6.07, 6.45) is 1.62. The van der Waals surface area contributed by atoms with Crippen LogP contribution in [0.1, 0.15) is 11.3 Å². The van der Waals surface area contributed by atoms with Crippen LogP contribution in [0.2, 0.25) is 0 Å². The molecule has 2 nitrogen and oxygen atoms in total. The SMILES string of the molecule is Cc1cc(I)c2c(C)ncnc2c1. The molecule has 0 spiro atoms. The van der Waals surface area contributed by atoms with Crippen LogP contribution >= 0.6 is 22.6 Å². The maximum absolute atomic E-state index is 4.25. The van der Waals surface area contributed by atoms with Gasteiger partial charge in [0, 0.05) is 14.7 Å². The van der Waals surface area contributed by atoms with Gasteiger partial charge in [-0.15, -0.1) is 0 Å². The monoisotopic (exact) mass is 284 g/mol. The van der Waals surface area contributed by atoms with Crippen LogP contribution in [0.4, 0.5) is 0 Å². The van der Waals surface area contributed by atoms with Crippen LogP contribution in [-0.4, -0.2) is 9.97 Å². The molecule has 1 aromatic carbocycles. The predicted molar refractivity (Wildman–Crippen MR) is 61.7 cm³/mol. The molecule has 0 aliphatic rings. The van der Waals surface area contributed by atoms with Crippen molar-refractivity contribution in [1.82, 2.24) is 9.97 Å². The highest BCUT2D eigenvalue weighted by Gasteiger charge is 2.03. The van der Waals surface area contributed by atoms with Gasteiger partial charge in [-0.1, -0.05) is 0 Å². The fourth-order valence-corrected chi connectivity index (χ4v) is 2.58. The van der Waals surface area contributed by atoms with Gasteiger partial charge < -0.3 is 0 Å². The van der Waals surface area contributed by atoms with E-state index in [4.69, 9.17) is 0 Å². The molecular formula is C10H9IN2. The molecule has 0 aliphatic carbocycles. The highest BCUT2D eigenvalue weighted by atomic mass is 127. The minimum atomic E-state index is 1.04. The van der Waals surface area contributed by atoms with E-state index in [1.54, 1.807) is 6.33 Å². The summed E-state index contributed by atoms with van der Waals surface area (Å²) in [4.78, 5) is 8.43. The molecule has 0 aliphatic heterocycles. The van der Waals surface area contributed by atoms with Crippen molar-refractivity contribution < 1.29 is 0 Å². The van der Waals surface area contributed by atoms with Crippen molar-refractivity contribution >= 4 is 33.5 Å². The zero-order valence-corrected chi connectivity index (χ0v) is 9.66. The summed E-state index contributed by atoms with van der Waals surface area (Å²) >= 11 is 2.33. The number of hydrogen-bond donors (Lipinski definition) is 0. The van der Waals surface area contributed by atoms with Crippen molar-refractivity contribution in [3.05, 3.63) is 33.3 Å². The number of rotatable bonds is 0. The summed E-state index contributed by atoms with van der Waals surface area (Å²) in [6.45, 7) is 4.10. The molecule has 13 heavy (non-hydrogen) atoms. The van der Waals surface area contributed by atoms with Crippen LogP contribution in [0.5, 0.6) is 0 Å². The molecule has 66 valence electrons. The van der Waals surface area contributed by atoms with Crippen molar-refractivity contribution in [1.29, 1.82) is 0 Å². The van der Waals surface area contributed by atoms with E-state index >= 15 is 0 Å². The lowest BCUT2D eigenvalue weighted by molar-refractivity contribution is 1.15. The Morgan fingerprint density at radius 2 is 1.92 bits per heavy atom. The first-order valence-corrected chi connectivity index (χ1v) is 5.14. The van der Waals surface area contributed by atoms with Crippen LogP contribution in [0.3, 0.4) is 0 Å². The average Bonchev–Trinajstić information content (AvgIpc) is 2.02. The molecule has 2 aromatic rings. The molecule has 0 saturated heterocycles. The smallest absolute Gasteiger partial charge is 0.116 e. The van der Waals surface area contributed by atoms with E-state index in [-0.39, 0.29) is 0 Å². The van der Waals surface area contributed by atoms with Crippen LogP contribution in [0.25, 0.3) is 10.9 Å². The molecule has 1 heterocycles. The average molecular weight is 284 g/mol. The first-order valence-electron chi connectivity index (χ1n) is 4.06. The second kappa shape index (κ2) is 3.21. The predicted octanol–water partition coefficient (Wildman–Crippen LogP) is 2.85. The number of fused-ring (bicyclic) bond motifs is 1. The Labute approximate surface area is 90.5 Å². The Kier molecular flexibility index (Phi) is 2.19. The third-order valence-electron chi connectivity index (χ3n) is 2.02. The van der Waals surface area contributed by atoms with Gasteiger partial charge in [0.1, 0.15) is 6.33 Å². The van der Waals surface area contributed by atoms with Gasteiger partial charge >= 0.3 is 0 Å². The highest BCUT2D eigenvalue weighted by Crippen LogP contribution is 2.22. The Balaban J connectivity index is 2.94. The van der Waals surface area contributed by atoms with Crippen molar-refractivity contribution in [3.8, 4) is 0 Å². The summed E-state index contributed by atoms with van der Waals surface area (Å²) in [5.41, 5.74) is 3.33. The van der Waals surface area contributed by atoms with Gasteiger partial charge in [0.2, 0.25) is 0 Å². The van der Waals surface area contributed by atoms with E-state index in [0.29, 0.717) is 0 Å². The summed E-state index contributed by atoms with van der Waals surface area (Å²) in [7, 11) is 0. The highest BCUT2D eigenvalue weighted by molar-refractivity contribution is 14.1. The fraction of sp³-hybridized carbons (Fsp3) is 0.200. The summed E-state index contributed by atoms with van der Waals surface area (Å²) < 4.78 is 1.23. The van der Waals surface area contributed by atoms with E-state index < -0.39 is 0 Å². The number of aromatic nitrogens is 2. The fourth-order valence-electron chi connectivity index (χ4n) is 1.43. The van der Waals surface area contributed by atoms with Gasteiger partial charge in [0.15, 0.2) is 0 Å². The van der Waals surface area contributed by atoms with Crippen LogP contribution in [0, 0.1) is 17.4 Å². The van der Waals surface area contributed by atoms with E-state index in [1.807, 2.05) is 6.92 Å². The lowest BCUT2D eigenvalue weighted by Gasteiger charge is -2.03. The molecule has 0 atom stereocenters. The van der Waals surface area contributed by atoms with Gasteiger partial charge in [-0.3, -0.25) is 0 Å². The molecule has 0 N–H and O–H groups in total. The largest absolute Gasteiger partial charge is 0.241 e. The topological polar surface area (TPSA) is 25.8 Å². The molecular weight excluding hydrogens is 275 g/mol. The zero-order valence-electron chi connectivity index (χ0n) is 7.50. The van der Waals surface area contributed by atoms with E-state index in [2.05, 4.69) is 51.6 Å². The maximum Gasteiger partial charge on any atom is 0.116 e. The molecule has 2 rings (SSSR count). The Morgan fingerprint density at radius 3 is 2.69 bits per heavy atom. The molecule has 0 saturated carbocycles. The van der Waals surface area contributed by atoms with Crippen molar-refractivity contribution in [2.45, 2.75) is 13.8 Å². The van der Waals surface area contributed by atoms with Gasteiger partial charge in [-0.05, 0) is 54.1 Å². The number of halogens is 1. The normalized spacial score (nSPS) is 10.7. The number of hydrogen-bond acceptors (Lipinski definition) is 2. The number of aryl methyl sites for hydroxylation is 2. The maximum atomic E-state index is 4.25. The molecule has 3 heteroatoms. The Bertz CT molecular complexity index is 466. The third kappa shape index (κ3) is 1.52. The van der Waals surface area contributed by atoms with E-state index in [9.17, 15) is 0 Å². The molecule has 0 radical (unpaired) electrons. The van der Waals surface area contributed by atoms with E-state index in [0.717, 1.165) is 11.2 Å². The second-order valence-electron chi connectivity index (χ2n) is 3.10. The van der Waals surface area contributed by atoms with Crippen molar-refractivity contribution in [2.75, 3.05) is 0 Å². The summed E-state index contributed by atoms with van der Waals surface area (Å²) in [5, 5.41) is 1.17. The summed E-state index contributed by atoms with van der Waals surface area (Å²) in [6, 6.07) is 4.24. The standard InChI is InChI=1S/C10H9IN2/c1-6-3-8(11)10-7(2)12-5-13-9(10)4-6/h3-5H,1-2H3. The van der Waals surface area contributed by atoms with Gasteiger partial charge in [-0.25, -0.2) is 9.97 Å². The van der Waals surface area contributed by atoms with Crippen molar-refractivity contribution in [2.24, 2.45) is 0 Å². The Hall–Kier alpha value is -0.710. The minimum Gasteiger partial charge on any atom is -0.241 e. The quantitative estimate of drug-likeness (QED) is 0.695.